The molecule has 1 aliphatic heterocycles. The molecular formula is C19H20ClFN4O2. The Balaban J connectivity index is 1.64. The van der Waals surface area contributed by atoms with Gasteiger partial charge in [0.1, 0.15) is 5.82 Å². The summed E-state index contributed by atoms with van der Waals surface area (Å²) in [6.45, 7) is 3.08. The van der Waals surface area contributed by atoms with Crippen LogP contribution in [0.5, 0.6) is 5.88 Å². The lowest BCUT2D eigenvalue weighted by atomic mass is 9.91. The number of amides is 2. The molecule has 142 valence electrons. The smallest absolute Gasteiger partial charge is 0.323 e. The number of aromatic nitrogens is 2. The number of carbonyl (C=O) groups excluding carboxylic acids is 1. The third-order valence-electron chi connectivity index (χ3n) is 4.46. The van der Waals surface area contributed by atoms with Crippen LogP contribution in [0.4, 0.5) is 15.0 Å². The van der Waals surface area contributed by atoms with E-state index in [9.17, 15) is 9.18 Å². The zero-order valence-electron chi connectivity index (χ0n) is 15.1. The molecular weight excluding hydrogens is 371 g/mol. The van der Waals surface area contributed by atoms with Crippen molar-refractivity contribution in [2.75, 3.05) is 25.5 Å². The fourth-order valence-electron chi connectivity index (χ4n) is 2.95. The lowest BCUT2D eigenvalue weighted by Gasteiger charge is -2.33. The number of benzene rings is 1. The first-order chi connectivity index (χ1) is 13.0. The van der Waals surface area contributed by atoms with Crippen molar-refractivity contribution in [2.24, 2.45) is 5.92 Å². The monoisotopic (exact) mass is 390 g/mol. The molecule has 2 aromatic rings. The number of nitrogens with one attached hydrogen (secondary N) is 1. The van der Waals surface area contributed by atoms with Crippen LogP contribution in [0.25, 0.3) is 6.08 Å². The van der Waals surface area contributed by atoms with Gasteiger partial charge in [-0.15, -0.1) is 0 Å². The molecule has 0 aliphatic carbocycles. The van der Waals surface area contributed by atoms with Gasteiger partial charge >= 0.3 is 6.03 Å². The molecule has 0 spiro atoms. The second-order valence-corrected chi connectivity index (χ2v) is 6.79. The van der Waals surface area contributed by atoms with E-state index in [1.807, 2.05) is 13.0 Å². The van der Waals surface area contributed by atoms with Gasteiger partial charge in [-0.1, -0.05) is 30.2 Å². The molecule has 1 aromatic carbocycles. The minimum atomic E-state index is -0.308. The Hall–Kier alpha value is -2.67. The van der Waals surface area contributed by atoms with Gasteiger partial charge in [-0.25, -0.2) is 19.2 Å². The number of rotatable bonds is 3. The highest BCUT2D eigenvalue weighted by molar-refractivity contribution is 6.30. The van der Waals surface area contributed by atoms with E-state index in [0.29, 0.717) is 41.8 Å². The highest BCUT2D eigenvalue weighted by Crippen LogP contribution is 2.27. The predicted molar refractivity (Wildman–Crippen MR) is 102 cm³/mol. The number of urea groups is 1. The third-order valence-corrected chi connectivity index (χ3v) is 4.69. The van der Waals surface area contributed by atoms with Crippen LogP contribution in [0.2, 0.25) is 5.02 Å². The van der Waals surface area contributed by atoms with Crippen LogP contribution in [-0.4, -0.2) is 41.1 Å². The van der Waals surface area contributed by atoms with Crippen LogP contribution >= 0.6 is 11.6 Å². The summed E-state index contributed by atoms with van der Waals surface area (Å²) < 4.78 is 18.9. The molecule has 1 fully saturated rings. The van der Waals surface area contributed by atoms with E-state index < -0.39 is 0 Å². The fourth-order valence-corrected chi connectivity index (χ4v) is 3.13. The van der Waals surface area contributed by atoms with E-state index in [4.69, 9.17) is 16.3 Å². The summed E-state index contributed by atoms with van der Waals surface area (Å²) >= 11 is 5.96. The fraction of sp³-hybridized carbons (Fsp3) is 0.316. The lowest BCUT2D eigenvalue weighted by molar-refractivity contribution is 0.197. The average Bonchev–Trinajstić information content (AvgIpc) is 2.66. The summed E-state index contributed by atoms with van der Waals surface area (Å²) in [4.78, 5) is 22.3. The Bertz CT molecular complexity index is 857. The van der Waals surface area contributed by atoms with Gasteiger partial charge in [0.25, 0.3) is 0 Å². The molecule has 1 atom stereocenters. The van der Waals surface area contributed by atoms with Crippen molar-refractivity contribution in [3.63, 3.8) is 0 Å². The maximum absolute atomic E-state index is 14.0. The Kier molecular flexibility index (Phi) is 5.91. The summed E-state index contributed by atoms with van der Waals surface area (Å²) in [6.07, 6.45) is 5.37. The number of anilines is 1. The normalized spacial score (nSPS) is 18.4. The largest absolute Gasteiger partial charge is 0.480 e. The first-order valence-electron chi connectivity index (χ1n) is 8.53. The summed E-state index contributed by atoms with van der Waals surface area (Å²) in [5, 5.41) is 3.22. The number of hydrogen-bond donors (Lipinski definition) is 1. The minimum absolute atomic E-state index is 0.102. The van der Waals surface area contributed by atoms with Crippen LogP contribution in [0.15, 0.2) is 36.2 Å². The molecule has 2 amide bonds. The topological polar surface area (TPSA) is 67.3 Å². The molecule has 1 aliphatic rings. The van der Waals surface area contributed by atoms with Crippen LogP contribution < -0.4 is 10.1 Å². The van der Waals surface area contributed by atoms with E-state index >= 15 is 0 Å². The average molecular weight is 391 g/mol. The SMILES string of the molecule is COc1cnc(NC(=O)N2CC/C(=C\c3cc(Cl)ccc3F)C(C)C2)cn1. The molecule has 0 radical (unpaired) electrons. The minimum Gasteiger partial charge on any atom is -0.480 e. The lowest BCUT2D eigenvalue weighted by Crippen LogP contribution is -2.42. The number of piperidine rings is 1. The molecule has 8 heteroatoms. The van der Waals surface area contributed by atoms with Gasteiger partial charge in [0.2, 0.25) is 5.88 Å². The number of hydrogen-bond acceptors (Lipinski definition) is 4. The molecule has 0 bridgehead atoms. The molecule has 3 rings (SSSR count). The zero-order chi connectivity index (χ0) is 19.4. The van der Waals surface area contributed by atoms with Gasteiger partial charge in [0, 0.05) is 23.7 Å². The van der Waals surface area contributed by atoms with Gasteiger partial charge in [-0.3, -0.25) is 5.32 Å². The molecule has 1 aromatic heterocycles. The number of methoxy groups -OCH3 is 1. The Morgan fingerprint density at radius 2 is 2.22 bits per heavy atom. The zero-order valence-corrected chi connectivity index (χ0v) is 15.8. The molecule has 0 saturated carbocycles. The highest BCUT2D eigenvalue weighted by Gasteiger charge is 2.25. The van der Waals surface area contributed by atoms with Crippen molar-refractivity contribution in [3.8, 4) is 5.88 Å². The Morgan fingerprint density at radius 3 is 2.89 bits per heavy atom. The van der Waals surface area contributed by atoms with Gasteiger partial charge < -0.3 is 9.64 Å². The maximum atomic E-state index is 14.0. The van der Waals surface area contributed by atoms with Crippen molar-refractivity contribution in [3.05, 3.63) is 52.6 Å². The molecule has 1 saturated heterocycles. The first-order valence-corrected chi connectivity index (χ1v) is 8.91. The van der Waals surface area contributed by atoms with Crippen molar-refractivity contribution >= 4 is 29.5 Å². The third kappa shape index (κ3) is 4.74. The van der Waals surface area contributed by atoms with Crippen LogP contribution in [0.1, 0.15) is 18.9 Å². The van der Waals surface area contributed by atoms with Gasteiger partial charge in [-0.2, -0.15) is 0 Å². The number of ether oxygens (including phenoxy) is 1. The van der Waals surface area contributed by atoms with E-state index in [1.165, 1.54) is 31.6 Å². The number of nitrogens with zero attached hydrogens (tertiary/aromatic N) is 3. The van der Waals surface area contributed by atoms with Crippen LogP contribution in [0.3, 0.4) is 0 Å². The number of halogens is 2. The van der Waals surface area contributed by atoms with E-state index in [-0.39, 0.29) is 17.8 Å². The molecule has 27 heavy (non-hydrogen) atoms. The van der Waals surface area contributed by atoms with Crippen molar-refractivity contribution in [1.29, 1.82) is 0 Å². The summed E-state index contributed by atoms with van der Waals surface area (Å²) in [7, 11) is 1.50. The van der Waals surface area contributed by atoms with E-state index in [1.54, 1.807) is 11.0 Å². The molecule has 1 unspecified atom stereocenters. The van der Waals surface area contributed by atoms with Crippen molar-refractivity contribution < 1.29 is 13.9 Å². The second-order valence-electron chi connectivity index (χ2n) is 6.36. The van der Waals surface area contributed by atoms with Gasteiger partial charge in [0.05, 0.1) is 19.5 Å². The van der Waals surface area contributed by atoms with E-state index in [2.05, 4.69) is 15.3 Å². The maximum Gasteiger partial charge on any atom is 0.323 e. The van der Waals surface area contributed by atoms with Crippen molar-refractivity contribution in [1.82, 2.24) is 14.9 Å². The van der Waals surface area contributed by atoms with Gasteiger partial charge in [-0.05, 0) is 30.5 Å². The quantitative estimate of drug-likeness (QED) is 0.851. The highest BCUT2D eigenvalue weighted by atomic mass is 35.5. The molecule has 2 heterocycles. The second kappa shape index (κ2) is 8.35. The number of likely N-dealkylation sites (tertiary alicyclic amines) is 1. The van der Waals surface area contributed by atoms with Crippen LogP contribution in [-0.2, 0) is 0 Å². The Morgan fingerprint density at radius 1 is 1.41 bits per heavy atom. The predicted octanol–water partition coefficient (Wildman–Crippen LogP) is 4.24. The number of carbonyl (C=O) groups is 1. The summed E-state index contributed by atoms with van der Waals surface area (Å²) in [6, 6.07) is 4.25. The van der Waals surface area contributed by atoms with Crippen molar-refractivity contribution in [2.45, 2.75) is 13.3 Å². The summed E-state index contributed by atoms with van der Waals surface area (Å²) in [5.41, 5.74) is 1.56. The van der Waals surface area contributed by atoms with E-state index in [0.717, 1.165) is 5.57 Å². The standard InChI is InChI=1S/C19H20ClFN4O2/c1-12-11-25(19(26)24-17-9-23-18(27-2)10-22-17)6-5-13(12)7-14-8-15(20)3-4-16(14)21/h3-4,7-10,12H,5-6,11H2,1-2H3,(H,22,24,26)/b13-7+. The summed E-state index contributed by atoms with van der Waals surface area (Å²) in [5.74, 6) is 0.528. The molecule has 1 N–H and O–H groups in total. The Labute approximate surface area is 162 Å². The first kappa shape index (κ1) is 19.1. The van der Waals surface area contributed by atoms with Gasteiger partial charge in [0.15, 0.2) is 5.82 Å². The van der Waals surface area contributed by atoms with Crippen LogP contribution in [0, 0.1) is 11.7 Å². The molecule has 6 nitrogen and oxygen atoms in total.